The highest BCUT2D eigenvalue weighted by molar-refractivity contribution is 8.13. The summed E-state index contributed by atoms with van der Waals surface area (Å²) in [4.78, 5) is 10.5. The molecular formula is C9H15F3OS. The Morgan fingerprint density at radius 1 is 1.36 bits per heavy atom. The van der Waals surface area contributed by atoms with E-state index in [1.165, 1.54) is 6.92 Å². The van der Waals surface area contributed by atoms with Crippen molar-refractivity contribution in [3.63, 3.8) is 0 Å². The predicted molar refractivity (Wildman–Crippen MR) is 52.7 cm³/mol. The van der Waals surface area contributed by atoms with E-state index < -0.39 is 18.5 Å². The van der Waals surface area contributed by atoms with Crippen LogP contribution in [0.25, 0.3) is 0 Å². The number of halogens is 3. The lowest BCUT2D eigenvalue weighted by atomic mass is 10.1. The number of hydrogen-bond acceptors (Lipinski definition) is 2. The summed E-state index contributed by atoms with van der Waals surface area (Å²) in [5, 5.41) is -0.0453. The third-order valence-electron chi connectivity index (χ3n) is 1.71. The third-order valence-corrected chi connectivity index (χ3v) is 2.61. The molecule has 0 fully saturated rings. The molecule has 0 N–H and O–H groups in total. The highest BCUT2D eigenvalue weighted by Crippen LogP contribution is 2.17. The van der Waals surface area contributed by atoms with Gasteiger partial charge in [0, 0.05) is 12.7 Å². The Balaban J connectivity index is 3.53. The molecule has 0 heterocycles. The fourth-order valence-electron chi connectivity index (χ4n) is 0.941. The van der Waals surface area contributed by atoms with Crippen LogP contribution in [0.5, 0.6) is 0 Å². The zero-order valence-electron chi connectivity index (χ0n) is 8.30. The maximum absolute atomic E-state index is 12.9. The van der Waals surface area contributed by atoms with Gasteiger partial charge < -0.3 is 0 Å². The van der Waals surface area contributed by atoms with Gasteiger partial charge in [0.2, 0.25) is 0 Å². The second kappa shape index (κ2) is 7.15. The van der Waals surface area contributed by atoms with Crippen LogP contribution in [0.1, 0.15) is 26.7 Å². The van der Waals surface area contributed by atoms with Crippen LogP contribution in [0.4, 0.5) is 13.2 Å². The summed E-state index contributed by atoms with van der Waals surface area (Å²) < 4.78 is 37.9. The van der Waals surface area contributed by atoms with Crippen LogP contribution in [0, 0.1) is 0 Å². The van der Waals surface area contributed by atoms with Crippen molar-refractivity contribution < 1.29 is 18.0 Å². The van der Waals surface area contributed by atoms with Crippen molar-refractivity contribution in [1.29, 1.82) is 0 Å². The van der Waals surface area contributed by atoms with Crippen LogP contribution in [0.15, 0.2) is 0 Å². The number of alkyl halides is 3. The first-order valence-electron chi connectivity index (χ1n) is 4.50. The average Bonchev–Trinajstić information content (AvgIpc) is 2.10. The van der Waals surface area contributed by atoms with Crippen LogP contribution in [-0.4, -0.2) is 29.4 Å². The first kappa shape index (κ1) is 13.8. The molecule has 0 saturated carbocycles. The van der Waals surface area contributed by atoms with Crippen LogP contribution in [0.2, 0.25) is 0 Å². The second-order valence-corrected chi connectivity index (χ2v) is 4.39. The van der Waals surface area contributed by atoms with Gasteiger partial charge in [0.05, 0.1) is 0 Å². The van der Waals surface area contributed by atoms with Crippen molar-refractivity contribution in [3.05, 3.63) is 0 Å². The molecule has 3 atom stereocenters. The molecule has 5 heteroatoms. The number of hydrogen-bond donors (Lipinski definition) is 0. The monoisotopic (exact) mass is 228 g/mol. The predicted octanol–water partition coefficient (Wildman–Crippen LogP) is 3.08. The van der Waals surface area contributed by atoms with Crippen molar-refractivity contribution in [1.82, 2.24) is 0 Å². The molecule has 0 radical (unpaired) electrons. The number of carbonyl (C=O) groups excluding carboxylic acids is 1. The minimum absolute atomic E-state index is 0.0320. The average molecular weight is 228 g/mol. The lowest BCUT2D eigenvalue weighted by molar-refractivity contribution is -0.109. The Hall–Kier alpha value is -0.190. The van der Waals surface area contributed by atoms with Gasteiger partial charge in [-0.05, 0) is 19.8 Å². The Kier molecular flexibility index (Phi) is 7.05. The first-order chi connectivity index (χ1) is 6.45. The summed E-state index contributed by atoms with van der Waals surface area (Å²) in [6.45, 7) is 2.42. The zero-order chi connectivity index (χ0) is 11.1. The quantitative estimate of drug-likeness (QED) is 0.650. The van der Waals surface area contributed by atoms with Crippen molar-refractivity contribution >= 4 is 16.9 Å². The molecule has 0 rings (SSSR count). The zero-order valence-corrected chi connectivity index (χ0v) is 9.12. The molecule has 0 amide bonds. The van der Waals surface area contributed by atoms with Gasteiger partial charge in [-0.15, -0.1) is 0 Å². The number of rotatable bonds is 6. The Morgan fingerprint density at radius 2 is 1.93 bits per heavy atom. The van der Waals surface area contributed by atoms with E-state index in [0.29, 0.717) is 12.2 Å². The van der Waals surface area contributed by atoms with E-state index in [2.05, 4.69) is 0 Å². The molecule has 84 valence electrons. The molecule has 0 aliphatic carbocycles. The highest BCUT2D eigenvalue weighted by Gasteiger charge is 2.25. The summed E-state index contributed by atoms with van der Waals surface area (Å²) in [5.41, 5.74) is 0. The molecule has 0 aliphatic heterocycles. The van der Waals surface area contributed by atoms with Crippen LogP contribution in [-0.2, 0) is 4.79 Å². The summed E-state index contributed by atoms with van der Waals surface area (Å²) in [6.07, 6.45) is -5.22. The maximum Gasteiger partial charge on any atom is 0.185 e. The third kappa shape index (κ3) is 6.29. The van der Waals surface area contributed by atoms with E-state index >= 15 is 0 Å². The van der Waals surface area contributed by atoms with E-state index in [4.69, 9.17) is 0 Å². The molecule has 0 bridgehead atoms. The van der Waals surface area contributed by atoms with E-state index in [9.17, 15) is 18.0 Å². The summed E-state index contributed by atoms with van der Waals surface area (Å²) in [5.74, 6) is 0.461. The van der Waals surface area contributed by atoms with E-state index in [-0.39, 0.29) is 11.5 Å². The summed E-state index contributed by atoms with van der Waals surface area (Å²) in [7, 11) is 0. The molecule has 0 spiro atoms. The fraction of sp³-hybridized carbons (Fsp3) is 0.889. The topological polar surface area (TPSA) is 17.1 Å². The van der Waals surface area contributed by atoms with Gasteiger partial charge in [0.1, 0.15) is 12.3 Å². The molecule has 0 aliphatic rings. The van der Waals surface area contributed by atoms with E-state index in [1.54, 1.807) is 0 Å². The Bertz CT molecular complexity index is 175. The van der Waals surface area contributed by atoms with Gasteiger partial charge >= 0.3 is 0 Å². The molecule has 0 aromatic carbocycles. The first-order valence-corrected chi connectivity index (χ1v) is 5.49. The Morgan fingerprint density at radius 3 is 2.36 bits per heavy atom. The molecule has 0 saturated heterocycles. The lowest BCUT2D eigenvalue weighted by Gasteiger charge is -2.13. The van der Waals surface area contributed by atoms with Crippen LogP contribution < -0.4 is 0 Å². The summed E-state index contributed by atoms with van der Waals surface area (Å²) >= 11 is 1.07. The minimum Gasteiger partial charge on any atom is -0.288 e. The molecule has 0 aromatic heterocycles. The van der Waals surface area contributed by atoms with Crippen molar-refractivity contribution in [2.45, 2.75) is 45.2 Å². The summed E-state index contributed by atoms with van der Waals surface area (Å²) in [6, 6.07) is 0. The van der Waals surface area contributed by atoms with Gasteiger partial charge in [0.15, 0.2) is 11.3 Å². The maximum atomic E-state index is 12.9. The van der Waals surface area contributed by atoms with Crippen molar-refractivity contribution in [2.75, 3.05) is 5.75 Å². The molecule has 3 unspecified atom stereocenters. The van der Waals surface area contributed by atoms with Gasteiger partial charge in [-0.1, -0.05) is 11.8 Å². The minimum atomic E-state index is -2.04. The highest BCUT2D eigenvalue weighted by atomic mass is 32.2. The van der Waals surface area contributed by atoms with Crippen LogP contribution >= 0.6 is 11.8 Å². The molecular weight excluding hydrogens is 213 g/mol. The van der Waals surface area contributed by atoms with E-state index in [1.807, 2.05) is 0 Å². The lowest BCUT2D eigenvalue weighted by Crippen LogP contribution is -2.25. The van der Waals surface area contributed by atoms with E-state index in [0.717, 1.165) is 18.7 Å². The van der Waals surface area contributed by atoms with Gasteiger partial charge in [0.25, 0.3) is 0 Å². The second-order valence-electron chi connectivity index (χ2n) is 3.12. The largest absolute Gasteiger partial charge is 0.288 e. The SMILES string of the molecule is CC(=O)SCCCC(F)C(F)C(C)F. The van der Waals surface area contributed by atoms with Gasteiger partial charge in [-0.25, -0.2) is 13.2 Å². The molecule has 1 nitrogen and oxygen atoms in total. The smallest absolute Gasteiger partial charge is 0.185 e. The normalized spacial score (nSPS) is 17.5. The number of carbonyl (C=O) groups is 1. The fourth-order valence-corrected chi connectivity index (χ4v) is 1.54. The standard InChI is InChI=1S/C9H15F3OS/c1-6(10)9(12)8(11)4-3-5-14-7(2)13/h6,8-9H,3-5H2,1-2H3. The van der Waals surface area contributed by atoms with Gasteiger partial charge in [-0.3, -0.25) is 4.79 Å². The van der Waals surface area contributed by atoms with Crippen molar-refractivity contribution in [2.24, 2.45) is 0 Å². The van der Waals surface area contributed by atoms with Gasteiger partial charge in [-0.2, -0.15) is 0 Å². The molecule has 14 heavy (non-hydrogen) atoms. The number of thioether (sulfide) groups is 1. The van der Waals surface area contributed by atoms with Crippen LogP contribution in [0.3, 0.4) is 0 Å². The molecule has 0 aromatic rings. The van der Waals surface area contributed by atoms with Crippen molar-refractivity contribution in [3.8, 4) is 0 Å². The Labute approximate surface area is 86.4 Å².